The zero-order chi connectivity index (χ0) is 19.8. The topological polar surface area (TPSA) is 81.5 Å². The van der Waals surface area contributed by atoms with Crippen molar-refractivity contribution >= 4 is 23.4 Å². The minimum Gasteiger partial charge on any atom is -0.489 e. The van der Waals surface area contributed by atoms with Gasteiger partial charge in [0, 0.05) is 23.9 Å². The number of nitro benzene ring substituents is 1. The Labute approximate surface area is 162 Å². The smallest absolute Gasteiger partial charge is 0.269 e. The van der Waals surface area contributed by atoms with Gasteiger partial charge in [0.2, 0.25) is 5.91 Å². The SMILES string of the molecule is O=C(/C=C/c1ccc(OCc2ccccc2)cc1)Nc1ccc([N+](=O)[O-])cc1. The van der Waals surface area contributed by atoms with Crippen molar-refractivity contribution < 1.29 is 14.5 Å². The zero-order valence-corrected chi connectivity index (χ0v) is 14.9. The maximum absolute atomic E-state index is 12.0. The van der Waals surface area contributed by atoms with Gasteiger partial charge in [0.1, 0.15) is 12.4 Å². The van der Waals surface area contributed by atoms with Crippen LogP contribution in [0.3, 0.4) is 0 Å². The molecule has 0 aromatic heterocycles. The Hall–Kier alpha value is -3.93. The summed E-state index contributed by atoms with van der Waals surface area (Å²) in [7, 11) is 0. The monoisotopic (exact) mass is 374 g/mol. The summed E-state index contributed by atoms with van der Waals surface area (Å²) in [5.41, 5.74) is 2.41. The number of rotatable bonds is 7. The molecule has 0 saturated heterocycles. The molecule has 0 aliphatic heterocycles. The number of nitro groups is 1. The van der Waals surface area contributed by atoms with Crippen molar-refractivity contribution in [2.75, 3.05) is 5.32 Å². The molecule has 1 N–H and O–H groups in total. The molecule has 0 aliphatic carbocycles. The molecular formula is C22H18N2O4. The standard InChI is InChI=1S/C22H18N2O4/c25-22(23-19-9-11-20(12-10-19)24(26)27)15-8-17-6-13-21(14-7-17)28-16-18-4-2-1-3-5-18/h1-15H,16H2,(H,23,25)/b15-8+. The highest BCUT2D eigenvalue weighted by Gasteiger charge is 2.05. The number of carbonyl (C=O) groups excluding carboxylic acids is 1. The van der Waals surface area contributed by atoms with Crippen LogP contribution >= 0.6 is 0 Å². The molecule has 0 radical (unpaired) electrons. The van der Waals surface area contributed by atoms with E-state index in [9.17, 15) is 14.9 Å². The van der Waals surface area contributed by atoms with Gasteiger partial charge in [-0.2, -0.15) is 0 Å². The third-order valence-electron chi connectivity index (χ3n) is 3.90. The molecule has 0 bridgehead atoms. The fourth-order valence-corrected chi connectivity index (χ4v) is 2.44. The van der Waals surface area contributed by atoms with Crippen LogP contribution in [0.15, 0.2) is 84.9 Å². The van der Waals surface area contributed by atoms with Crippen LogP contribution < -0.4 is 10.1 Å². The average molecular weight is 374 g/mol. The quantitative estimate of drug-likeness (QED) is 0.365. The minimum atomic E-state index is -0.487. The van der Waals surface area contributed by atoms with Gasteiger partial charge in [-0.3, -0.25) is 14.9 Å². The second kappa shape index (κ2) is 9.14. The maximum Gasteiger partial charge on any atom is 0.269 e. The van der Waals surface area contributed by atoms with Crippen LogP contribution in [0.25, 0.3) is 6.08 Å². The van der Waals surface area contributed by atoms with Crippen LogP contribution in [0.2, 0.25) is 0 Å². The fourth-order valence-electron chi connectivity index (χ4n) is 2.44. The summed E-state index contributed by atoms with van der Waals surface area (Å²) in [6, 6.07) is 23.0. The van der Waals surface area contributed by atoms with Crippen LogP contribution in [0.1, 0.15) is 11.1 Å². The van der Waals surface area contributed by atoms with Crippen molar-refractivity contribution in [3.05, 3.63) is 106 Å². The number of hydrogen-bond acceptors (Lipinski definition) is 4. The number of benzene rings is 3. The van der Waals surface area contributed by atoms with E-state index < -0.39 is 4.92 Å². The van der Waals surface area contributed by atoms with Crippen LogP contribution in [0.5, 0.6) is 5.75 Å². The lowest BCUT2D eigenvalue weighted by Crippen LogP contribution is -2.07. The lowest BCUT2D eigenvalue weighted by atomic mass is 10.2. The third-order valence-corrected chi connectivity index (χ3v) is 3.90. The zero-order valence-electron chi connectivity index (χ0n) is 14.9. The number of nitrogens with one attached hydrogen (secondary N) is 1. The lowest BCUT2D eigenvalue weighted by molar-refractivity contribution is -0.384. The first-order chi connectivity index (χ1) is 13.6. The fraction of sp³-hybridized carbons (Fsp3) is 0.0455. The van der Waals surface area contributed by atoms with Crippen molar-refractivity contribution in [2.45, 2.75) is 6.61 Å². The number of ether oxygens (including phenoxy) is 1. The van der Waals surface area contributed by atoms with Gasteiger partial charge in [-0.05, 0) is 41.5 Å². The summed E-state index contributed by atoms with van der Waals surface area (Å²) in [5, 5.41) is 13.3. The van der Waals surface area contributed by atoms with E-state index in [2.05, 4.69) is 5.32 Å². The van der Waals surface area contributed by atoms with Crippen LogP contribution in [0.4, 0.5) is 11.4 Å². The summed E-state index contributed by atoms with van der Waals surface area (Å²) in [5.74, 6) is 0.426. The number of nitrogens with zero attached hydrogens (tertiary/aromatic N) is 1. The van der Waals surface area contributed by atoms with Gasteiger partial charge in [-0.25, -0.2) is 0 Å². The minimum absolute atomic E-state index is 0.0249. The Morgan fingerprint density at radius 3 is 2.29 bits per heavy atom. The Kier molecular flexibility index (Phi) is 6.15. The van der Waals surface area contributed by atoms with Crippen LogP contribution in [-0.4, -0.2) is 10.8 Å². The summed E-state index contributed by atoms with van der Waals surface area (Å²) >= 11 is 0. The molecule has 3 aromatic carbocycles. The Balaban J connectivity index is 1.52. The van der Waals surface area contributed by atoms with Crippen molar-refractivity contribution in [3.63, 3.8) is 0 Å². The highest BCUT2D eigenvalue weighted by atomic mass is 16.6. The van der Waals surface area contributed by atoms with Crippen LogP contribution in [-0.2, 0) is 11.4 Å². The molecule has 0 atom stereocenters. The van der Waals surface area contributed by atoms with E-state index in [1.165, 1.54) is 30.3 Å². The summed E-state index contributed by atoms with van der Waals surface area (Å²) < 4.78 is 5.73. The molecule has 6 heteroatoms. The molecule has 6 nitrogen and oxygen atoms in total. The van der Waals surface area contributed by atoms with Crippen molar-refractivity contribution in [3.8, 4) is 5.75 Å². The Morgan fingerprint density at radius 1 is 0.964 bits per heavy atom. The average Bonchev–Trinajstić information content (AvgIpc) is 2.72. The first-order valence-electron chi connectivity index (χ1n) is 8.60. The highest BCUT2D eigenvalue weighted by Crippen LogP contribution is 2.17. The maximum atomic E-state index is 12.0. The number of carbonyl (C=O) groups is 1. The normalized spacial score (nSPS) is 10.6. The number of non-ortho nitro benzene ring substituents is 1. The van der Waals surface area contributed by atoms with Crippen molar-refractivity contribution in [1.29, 1.82) is 0 Å². The predicted octanol–water partition coefficient (Wildman–Crippen LogP) is 4.83. The molecule has 3 rings (SSSR count). The van der Waals surface area contributed by atoms with Gasteiger partial charge in [0.15, 0.2) is 0 Å². The van der Waals surface area contributed by atoms with E-state index in [1.807, 2.05) is 54.6 Å². The van der Waals surface area contributed by atoms with Gasteiger partial charge < -0.3 is 10.1 Å². The van der Waals surface area contributed by atoms with E-state index >= 15 is 0 Å². The number of amides is 1. The molecule has 0 unspecified atom stereocenters. The van der Waals surface area contributed by atoms with Crippen LogP contribution in [0, 0.1) is 10.1 Å². The van der Waals surface area contributed by atoms with Gasteiger partial charge >= 0.3 is 0 Å². The Bertz CT molecular complexity index is 966. The second-order valence-electron chi connectivity index (χ2n) is 5.97. The second-order valence-corrected chi connectivity index (χ2v) is 5.97. The molecule has 0 aliphatic rings. The van der Waals surface area contributed by atoms with E-state index in [-0.39, 0.29) is 11.6 Å². The number of anilines is 1. The van der Waals surface area contributed by atoms with E-state index in [0.29, 0.717) is 12.3 Å². The molecular weight excluding hydrogens is 356 g/mol. The summed E-state index contributed by atoms with van der Waals surface area (Å²) in [4.78, 5) is 22.1. The summed E-state index contributed by atoms with van der Waals surface area (Å²) in [6.45, 7) is 0.494. The highest BCUT2D eigenvalue weighted by molar-refractivity contribution is 6.01. The van der Waals surface area contributed by atoms with Gasteiger partial charge in [0.25, 0.3) is 5.69 Å². The van der Waals surface area contributed by atoms with Gasteiger partial charge in [-0.15, -0.1) is 0 Å². The van der Waals surface area contributed by atoms with E-state index in [4.69, 9.17) is 4.74 Å². The molecule has 0 fully saturated rings. The number of hydrogen-bond donors (Lipinski definition) is 1. The molecule has 140 valence electrons. The molecule has 1 amide bonds. The largest absolute Gasteiger partial charge is 0.489 e. The van der Waals surface area contributed by atoms with Gasteiger partial charge in [-0.1, -0.05) is 42.5 Å². The lowest BCUT2D eigenvalue weighted by Gasteiger charge is -2.06. The van der Waals surface area contributed by atoms with Crippen molar-refractivity contribution in [2.24, 2.45) is 0 Å². The molecule has 0 heterocycles. The van der Waals surface area contributed by atoms with Crippen molar-refractivity contribution in [1.82, 2.24) is 0 Å². The first kappa shape index (κ1) is 18.8. The van der Waals surface area contributed by atoms with E-state index in [0.717, 1.165) is 16.9 Å². The summed E-state index contributed by atoms with van der Waals surface area (Å²) in [6.07, 6.45) is 3.09. The molecule has 28 heavy (non-hydrogen) atoms. The molecule has 0 saturated carbocycles. The molecule has 3 aromatic rings. The Morgan fingerprint density at radius 2 is 1.64 bits per heavy atom. The first-order valence-corrected chi connectivity index (χ1v) is 8.60. The third kappa shape index (κ3) is 5.54. The van der Waals surface area contributed by atoms with Gasteiger partial charge in [0.05, 0.1) is 4.92 Å². The molecule has 0 spiro atoms. The predicted molar refractivity (Wildman–Crippen MR) is 108 cm³/mol. The van der Waals surface area contributed by atoms with E-state index in [1.54, 1.807) is 6.08 Å².